The molecule has 0 aromatic heterocycles. The van der Waals surface area contributed by atoms with Crippen LogP contribution in [0.5, 0.6) is 0 Å². The van der Waals surface area contributed by atoms with Crippen molar-refractivity contribution in [3.63, 3.8) is 0 Å². The predicted molar refractivity (Wildman–Crippen MR) is 95.3 cm³/mol. The Morgan fingerprint density at radius 3 is 2.35 bits per heavy atom. The number of benzene rings is 1. The summed E-state index contributed by atoms with van der Waals surface area (Å²) in [6.07, 6.45) is -0.343. The second-order valence-electron chi connectivity index (χ2n) is 7.35. The van der Waals surface area contributed by atoms with Crippen molar-refractivity contribution in [2.45, 2.75) is 52.7 Å². The number of hydrogen-bond acceptors (Lipinski definition) is 3. The summed E-state index contributed by atoms with van der Waals surface area (Å²) in [5.74, 6) is -0.299. The molecular formula is C17H26BrFN2O2. The summed E-state index contributed by atoms with van der Waals surface area (Å²) >= 11 is 3.31. The maximum Gasteiger partial charge on any atom is 0.410 e. The molecule has 0 heterocycles. The monoisotopic (exact) mass is 388 g/mol. The Bertz CT molecular complexity index is 551. The quantitative estimate of drug-likeness (QED) is 0.785. The van der Waals surface area contributed by atoms with E-state index in [4.69, 9.17) is 4.74 Å². The SMILES string of the molecule is CC(C)(C)OC(=O)N(CCNc1ccc(F)cc1Br)C(C)(C)C. The van der Waals surface area contributed by atoms with Gasteiger partial charge in [0.2, 0.25) is 0 Å². The highest BCUT2D eigenvalue weighted by Gasteiger charge is 2.30. The molecule has 0 atom stereocenters. The topological polar surface area (TPSA) is 41.6 Å². The summed E-state index contributed by atoms with van der Waals surface area (Å²) in [5.41, 5.74) is -0.109. The third-order valence-electron chi connectivity index (χ3n) is 3.01. The lowest BCUT2D eigenvalue weighted by atomic mass is 10.1. The fourth-order valence-corrected chi connectivity index (χ4v) is 2.44. The van der Waals surface area contributed by atoms with Gasteiger partial charge in [-0.2, -0.15) is 0 Å². The number of amides is 1. The van der Waals surface area contributed by atoms with Crippen LogP contribution < -0.4 is 5.32 Å². The third kappa shape index (κ3) is 6.77. The van der Waals surface area contributed by atoms with Gasteiger partial charge in [0.15, 0.2) is 0 Å². The van der Waals surface area contributed by atoms with Gasteiger partial charge in [-0.1, -0.05) is 0 Å². The van der Waals surface area contributed by atoms with E-state index in [1.807, 2.05) is 41.5 Å². The molecule has 4 nitrogen and oxygen atoms in total. The van der Waals surface area contributed by atoms with E-state index in [9.17, 15) is 9.18 Å². The van der Waals surface area contributed by atoms with E-state index >= 15 is 0 Å². The van der Waals surface area contributed by atoms with Crippen molar-refractivity contribution in [3.05, 3.63) is 28.5 Å². The number of rotatable bonds is 4. The lowest BCUT2D eigenvalue weighted by Crippen LogP contribution is -2.49. The first-order valence-corrected chi connectivity index (χ1v) is 8.39. The van der Waals surface area contributed by atoms with Gasteiger partial charge in [0.25, 0.3) is 0 Å². The Morgan fingerprint density at radius 1 is 1.26 bits per heavy atom. The number of nitrogens with zero attached hydrogens (tertiary/aromatic N) is 1. The minimum atomic E-state index is -0.534. The van der Waals surface area contributed by atoms with Gasteiger partial charge in [-0.15, -0.1) is 0 Å². The third-order valence-corrected chi connectivity index (χ3v) is 3.66. The Morgan fingerprint density at radius 2 is 1.87 bits per heavy atom. The first-order valence-electron chi connectivity index (χ1n) is 7.60. The molecule has 0 unspecified atom stereocenters. The first-order chi connectivity index (χ1) is 10.4. The van der Waals surface area contributed by atoms with Crippen molar-refractivity contribution in [2.24, 2.45) is 0 Å². The van der Waals surface area contributed by atoms with Gasteiger partial charge in [0, 0.05) is 28.8 Å². The molecule has 1 aromatic rings. The van der Waals surface area contributed by atoms with Crippen LogP contribution in [0.15, 0.2) is 22.7 Å². The van der Waals surface area contributed by atoms with E-state index in [2.05, 4.69) is 21.2 Å². The van der Waals surface area contributed by atoms with Crippen LogP contribution in [0.25, 0.3) is 0 Å². The molecule has 0 bridgehead atoms. The summed E-state index contributed by atoms with van der Waals surface area (Å²) in [4.78, 5) is 14.1. The maximum atomic E-state index is 13.1. The van der Waals surface area contributed by atoms with Gasteiger partial charge in [-0.25, -0.2) is 9.18 Å². The van der Waals surface area contributed by atoms with Crippen LogP contribution in [-0.2, 0) is 4.74 Å². The van der Waals surface area contributed by atoms with E-state index in [0.717, 1.165) is 5.69 Å². The molecule has 0 aliphatic carbocycles. The lowest BCUT2D eigenvalue weighted by molar-refractivity contribution is 0.00749. The Kier molecular flexibility index (Phi) is 6.45. The number of halogens is 2. The molecule has 1 N–H and O–H groups in total. The van der Waals surface area contributed by atoms with Crippen LogP contribution in [-0.4, -0.2) is 35.2 Å². The molecule has 1 aromatic carbocycles. The number of anilines is 1. The molecule has 1 rings (SSSR count). The minimum Gasteiger partial charge on any atom is -0.444 e. The zero-order chi connectivity index (χ0) is 17.8. The van der Waals surface area contributed by atoms with Crippen molar-refractivity contribution >= 4 is 27.7 Å². The Hall–Kier alpha value is -1.30. The maximum absolute atomic E-state index is 13.1. The zero-order valence-electron chi connectivity index (χ0n) is 14.7. The smallest absolute Gasteiger partial charge is 0.410 e. The van der Waals surface area contributed by atoms with Crippen LogP contribution in [0.4, 0.5) is 14.9 Å². The second-order valence-corrected chi connectivity index (χ2v) is 8.21. The summed E-state index contributed by atoms with van der Waals surface area (Å²) in [7, 11) is 0. The fourth-order valence-electron chi connectivity index (χ4n) is 1.95. The average molecular weight is 389 g/mol. The fraction of sp³-hybridized carbons (Fsp3) is 0.588. The lowest BCUT2D eigenvalue weighted by Gasteiger charge is -2.37. The Labute approximate surface area is 146 Å². The van der Waals surface area contributed by atoms with E-state index in [-0.39, 0.29) is 17.4 Å². The molecule has 0 aliphatic rings. The van der Waals surface area contributed by atoms with Gasteiger partial charge in [-0.3, -0.25) is 0 Å². The molecule has 1 amide bonds. The van der Waals surface area contributed by atoms with Gasteiger partial charge >= 0.3 is 6.09 Å². The number of hydrogen-bond donors (Lipinski definition) is 1. The number of carbonyl (C=O) groups is 1. The van der Waals surface area contributed by atoms with Crippen molar-refractivity contribution in [3.8, 4) is 0 Å². The highest BCUT2D eigenvalue weighted by Crippen LogP contribution is 2.23. The summed E-state index contributed by atoms with van der Waals surface area (Å²) in [6, 6.07) is 4.45. The molecule has 0 saturated heterocycles. The minimum absolute atomic E-state index is 0.299. The number of nitrogens with one attached hydrogen (secondary N) is 1. The molecule has 0 radical (unpaired) electrons. The van der Waals surface area contributed by atoms with Crippen LogP contribution in [0.2, 0.25) is 0 Å². The molecule has 0 saturated carbocycles. The number of carbonyl (C=O) groups excluding carboxylic acids is 1. The number of ether oxygens (including phenoxy) is 1. The molecule has 23 heavy (non-hydrogen) atoms. The highest BCUT2D eigenvalue weighted by atomic mass is 79.9. The highest BCUT2D eigenvalue weighted by molar-refractivity contribution is 9.10. The predicted octanol–water partition coefficient (Wildman–Crippen LogP) is 5.04. The van der Waals surface area contributed by atoms with Crippen LogP contribution in [0.1, 0.15) is 41.5 Å². The van der Waals surface area contributed by atoms with Crippen LogP contribution >= 0.6 is 15.9 Å². The van der Waals surface area contributed by atoms with E-state index < -0.39 is 5.60 Å². The largest absolute Gasteiger partial charge is 0.444 e. The molecule has 130 valence electrons. The molecule has 6 heteroatoms. The van der Waals surface area contributed by atoms with Crippen LogP contribution in [0.3, 0.4) is 0 Å². The second kappa shape index (κ2) is 7.51. The van der Waals surface area contributed by atoms with E-state index in [0.29, 0.717) is 17.6 Å². The van der Waals surface area contributed by atoms with Crippen molar-refractivity contribution < 1.29 is 13.9 Å². The van der Waals surface area contributed by atoms with E-state index in [1.54, 1.807) is 11.0 Å². The van der Waals surface area contributed by atoms with Crippen molar-refractivity contribution in [2.75, 3.05) is 18.4 Å². The molecule has 0 fully saturated rings. The average Bonchev–Trinajstić information content (AvgIpc) is 2.32. The van der Waals surface area contributed by atoms with Gasteiger partial charge in [-0.05, 0) is 75.7 Å². The first kappa shape index (κ1) is 19.7. The van der Waals surface area contributed by atoms with Crippen molar-refractivity contribution in [1.29, 1.82) is 0 Å². The standard InChI is InChI=1S/C17H26BrFN2O2/c1-16(2,3)21(15(22)23-17(4,5)6)10-9-20-14-8-7-12(19)11-13(14)18/h7-8,11,20H,9-10H2,1-6H3. The molecule has 0 spiro atoms. The van der Waals surface area contributed by atoms with Gasteiger partial charge in [0.05, 0.1) is 0 Å². The summed E-state index contributed by atoms with van der Waals surface area (Å²) in [6.45, 7) is 12.4. The van der Waals surface area contributed by atoms with Crippen LogP contribution in [0, 0.1) is 5.82 Å². The summed E-state index contributed by atoms with van der Waals surface area (Å²) in [5, 5.41) is 3.20. The molecule has 0 aliphatic heterocycles. The zero-order valence-corrected chi connectivity index (χ0v) is 16.3. The van der Waals surface area contributed by atoms with E-state index in [1.165, 1.54) is 12.1 Å². The normalized spacial score (nSPS) is 12.0. The van der Waals surface area contributed by atoms with Gasteiger partial charge < -0.3 is 15.0 Å². The van der Waals surface area contributed by atoms with Gasteiger partial charge in [0.1, 0.15) is 11.4 Å². The molecular weight excluding hydrogens is 363 g/mol. The summed E-state index contributed by atoms with van der Waals surface area (Å²) < 4.78 is 19.2. The van der Waals surface area contributed by atoms with Crippen molar-refractivity contribution in [1.82, 2.24) is 4.90 Å². The Balaban J connectivity index is 2.70.